The lowest BCUT2D eigenvalue weighted by Crippen LogP contribution is -2.29. The zero-order chi connectivity index (χ0) is 12.6. The number of halogens is 1. The molecule has 1 fully saturated rings. The Kier molecular flexibility index (Phi) is 3.34. The molecule has 0 bridgehead atoms. The maximum atomic E-state index is 9.94. The van der Waals surface area contributed by atoms with Crippen LogP contribution in [0.3, 0.4) is 0 Å². The summed E-state index contributed by atoms with van der Waals surface area (Å²) in [5.41, 5.74) is 1.10. The molecule has 3 nitrogen and oxygen atoms in total. The van der Waals surface area contributed by atoms with E-state index in [9.17, 15) is 10.2 Å². The van der Waals surface area contributed by atoms with Crippen molar-refractivity contribution in [1.29, 1.82) is 0 Å². The highest BCUT2D eigenvalue weighted by Crippen LogP contribution is 2.33. The van der Waals surface area contributed by atoms with Crippen molar-refractivity contribution < 1.29 is 10.2 Å². The van der Waals surface area contributed by atoms with Crippen LogP contribution in [-0.4, -0.2) is 28.9 Å². The Morgan fingerprint density at radius 2 is 2.18 bits per heavy atom. The second-order valence-electron chi connectivity index (χ2n) is 5.06. The fraction of sp³-hybridized carbons (Fsp3) is 0.538. The van der Waals surface area contributed by atoms with Crippen molar-refractivity contribution in [1.82, 2.24) is 0 Å². The minimum Gasteiger partial charge on any atom is -0.389 e. The number of anilines is 1. The highest BCUT2D eigenvalue weighted by atomic mass is 35.5. The summed E-state index contributed by atoms with van der Waals surface area (Å²) in [5, 5.41) is 20.0. The molecule has 4 heteroatoms. The second kappa shape index (κ2) is 4.48. The van der Waals surface area contributed by atoms with Crippen LogP contribution in [-0.2, 0) is 0 Å². The fourth-order valence-electron chi connectivity index (χ4n) is 2.19. The maximum absolute atomic E-state index is 9.94. The molecule has 1 heterocycles. The first-order valence-electron chi connectivity index (χ1n) is 5.84. The molecular weight excluding hydrogens is 238 g/mol. The van der Waals surface area contributed by atoms with E-state index in [2.05, 4.69) is 4.90 Å². The lowest BCUT2D eigenvalue weighted by atomic mass is 10.1. The average molecular weight is 256 g/mol. The number of rotatable bonds is 2. The first-order valence-corrected chi connectivity index (χ1v) is 6.22. The summed E-state index contributed by atoms with van der Waals surface area (Å²) < 4.78 is 0. The summed E-state index contributed by atoms with van der Waals surface area (Å²) in [5.74, 6) is 0. The maximum Gasteiger partial charge on any atom is 0.0810 e. The number of nitrogens with zero attached hydrogens (tertiary/aromatic N) is 1. The molecule has 1 unspecified atom stereocenters. The van der Waals surface area contributed by atoms with Crippen LogP contribution in [0.4, 0.5) is 5.69 Å². The van der Waals surface area contributed by atoms with Gasteiger partial charge in [0.2, 0.25) is 0 Å². The number of hydrogen-bond acceptors (Lipinski definition) is 3. The quantitative estimate of drug-likeness (QED) is 0.853. The van der Waals surface area contributed by atoms with E-state index in [-0.39, 0.29) is 0 Å². The largest absolute Gasteiger partial charge is 0.389 e. The summed E-state index contributed by atoms with van der Waals surface area (Å²) in [4.78, 5) is 2.08. The van der Waals surface area contributed by atoms with Crippen LogP contribution in [0.1, 0.15) is 31.9 Å². The van der Waals surface area contributed by atoms with Crippen molar-refractivity contribution in [2.75, 3.05) is 18.0 Å². The second-order valence-corrected chi connectivity index (χ2v) is 5.46. The minimum atomic E-state index is -0.633. The van der Waals surface area contributed by atoms with Gasteiger partial charge in [-0.3, -0.25) is 0 Å². The Balaban J connectivity index is 2.23. The zero-order valence-corrected chi connectivity index (χ0v) is 10.9. The van der Waals surface area contributed by atoms with Gasteiger partial charge in [0.05, 0.1) is 22.4 Å². The Bertz CT molecular complexity index is 418. The van der Waals surface area contributed by atoms with E-state index < -0.39 is 11.7 Å². The van der Waals surface area contributed by atoms with Gasteiger partial charge in [-0.25, -0.2) is 0 Å². The van der Waals surface area contributed by atoms with Gasteiger partial charge in [0.1, 0.15) is 0 Å². The van der Waals surface area contributed by atoms with Gasteiger partial charge in [-0.05, 0) is 38.0 Å². The Morgan fingerprint density at radius 3 is 2.65 bits per heavy atom. The number of β-amino-alcohol motifs (C(OH)–C–C–N with tert-alkyl or cyclic N) is 1. The molecule has 2 atom stereocenters. The fourth-order valence-corrected chi connectivity index (χ4v) is 2.50. The van der Waals surface area contributed by atoms with Crippen molar-refractivity contribution in [2.24, 2.45) is 0 Å². The van der Waals surface area contributed by atoms with Crippen molar-refractivity contribution in [3.8, 4) is 0 Å². The van der Waals surface area contributed by atoms with Crippen LogP contribution in [0.2, 0.25) is 5.02 Å². The van der Waals surface area contributed by atoms with Crippen LogP contribution in [0.25, 0.3) is 0 Å². The van der Waals surface area contributed by atoms with Crippen LogP contribution in [0.15, 0.2) is 18.2 Å². The summed E-state index contributed by atoms with van der Waals surface area (Å²) in [6.45, 7) is 4.96. The molecule has 1 aliphatic heterocycles. The van der Waals surface area contributed by atoms with E-state index in [1.807, 2.05) is 19.1 Å². The lowest BCUT2D eigenvalue weighted by molar-refractivity contribution is 0.0839. The van der Waals surface area contributed by atoms with Crippen molar-refractivity contribution in [3.05, 3.63) is 28.8 Å². The molecule has 1 aromatic carbocycles. The Morgan fingerprint density at radius 1 is 1.47 bits per heavy atom. The molecular formula is C13H18ClNO2. The molecule has 2 N–H and O–H groups in total. The number of aliphatic hydroxyl groups is 2. The van der Waals surface area contributed by atoms with Crippen LogP contribution < -0.4 is 4.90 Å². The summed E-state index contributed by atoms with van der Waals surface area (Å²) in [6.07, 6.45) is 0.241. The predicted molar refractivity (Wildman–Crippen MR) is 69.5 cm³/mol. The molecule has 1 aromatic rings. The van der Waals surface area contributed by atoms with Gasteiger partial charge in [0, 0.05) is 13.1 Å². The van der Waals surface area contributed by atoms with Crippen molar-refractivity contribution in [2.45, 2.75) is 32.0 Å². The topological polar surface area (TPSA) is 43.7 Å². The predicted octanol–water partition coefficient (Wildman–Crippen LogP) is 2.35. The SMILES string of the molecule is C[C@H](O)c1ccc(N2CCC(C)(O)C2)c(Cl)c1. The molecule has 2 rings (SSSR count). The van der Waals surface area contributed by atoms with E-state index in [0.29, 0.717) is 11.6 Å². The third kappa shape index (κ3) is 2.73. The standard InChI is InChI=1S/C13H18ClNO2/c1-9(16)10-3-4-12(11(14)7-10)15-6-5-13(2,17)8-15/h3-4,7,9,16-17H,5-6,8H2,1-2H3/t9-,13?/m0/s1. The first-order chi connectivity index (χ1) is 7.89. The molecule has 1 saturated heterocycles. The van der Waals surface area contributed by atoms with Gasteiger partial charge in [-0.2, -0.15) is 0 Å². The number of hydrogen-bond donors (Lipinski definition) is 2. The van der Waals surface area contributed by atoms with E-state index in [0.717, 1.165) is 24.2 Å². The molecule has 1 aliphatic rings. The van der Waals surface area contributed by atoms with Gasteiger partial charge in [0.25, 0.3) is 0 Å². The molecule has 0 aliphatic carbocycles. The van der Waals surface area contributed by atoms with E-state index >= 15 is 0 Å². The molecule has 94 valence electrons. The zero-order valence-electron chi connectivity index (χ0n) is 10.2. The average Bonchev–Trinajstić information content (AvgIpc) is 2.58. The van der Waals surface area contributed by atoms with Crippen molar-refractivity contribution in [3.63, 3.8) is 0 Å². The van der Waals surface area contributed by atoms with E-state index in [1.54, 1.807) is 13.0 Å². The smallest absolute Gasteiger partial charge is 0.0810 e. The van der Waals surface area contributed by atoms with Crippen LogP contribution in [0, 0.1) is 0 Å². The van der Waals surface area contributed by atoms with E-state index in [1.165, 1.54) is 0 Å². The lowest BCUT2D eigenvalue weighted by Gasteiger charge is -2.22. The molecule has 0 radical (unpaired) electrons. The number of benzene rings is 1. The third-order valence-electron chi connectivity index (χ3n) is 3.25. The summed E-state index contributed by atoms with van der Waals surface area (Å²) in [6, 6.07) is 5.57. The molecule has 0 saturated carbocycles. The van der Waals surface area contributed by atoms with Gasteiger partial charge < -0.3 is 15.1 Å². The Hall–Kier alpha value is -0.770. The van der Waals surface area contributed by atoms with Crippen molar-refractivity contribution >= 4 is 17.3 Å². The van der Waals surface area contributed by atoms with Crippen LogP contribution >= 0.6 is 11.6 Å². The summed E-state index contributed by atoms with van der Waals surface area (Å²) >= 11 is 6.21. The van der Waals surface area contributed by atoms with E-state index in [4.69, 9.17) is 11.6 Å². The monoisotopic (exact) mass is 255 g/mol. The highest BCUT2D eigenvalue weighted by molar-refractivity contribution is 6.33. The normalized spacial score (nSPS) is 26.3. The Labute approximate surface area is 107 Å². The first kappa shape index (κ1) is 12.7. The highest BCUT2D eigenvalue weighted by Gasteiger charge is 2.32. The molecule has 17 heavy (non-hydrogen) atoms. The van der Waals surface area contributed by atoms with Gasteiger partial charge in [0.15, 0.2) is 0 Å². The third-order valence-corrected chi connectivity index (χ3v) is 3.55. The van der Waals surface area contributed by atoms with Gasteiger partial charge >= 0.3 is 0 Å². The molecule has 0 aromatic heterocycles. The van der Waals surface area contributed by atoms with Crippen LogP contribution in [0.5, 0.6) is 0 Å². The minimum absolute atomic E-state index is 0.511. The van der Waals surface area contributed by atoms with Gasteiger partial charge in [-0.1, -0.05) is 17.7 Å². The number of aliphatic hydroxyl groups excluding tert-OH is 1. The summed E-state index contributed by atoms with van der Waals surface area (Å²) in [7, 11) is 0. The molecule has 0 amide bonds. The van der Waals surface area contributed by atoms with Gasteiger partial charge in [-0.15, -0.1) is 0 Å². The molecule has 0 spiro atoms.